The molecule has 0 aliphatic carbocycles. The molecule has 8 nitrogen and oxygen atoms in total. The highest BCUT2D eigenvalue weighted by atomic mass is 16.1. The Morgan fingerprint density at radius 1 is 0.909 bits per heavy atom. The molecule has 1 aromatic heterocycles. The maximum Gasteiger partial charge on any atom is 0.293 e. The molecule has 0 atom stereocenters. The topological polar surface area (TPSA) is 82.5 Å². The lowest BCUT2D eigenvalue weighted by molar-refractivity contribution is 0.102. The Bertz CT molecular complexity index is 1660. The summed E-state index contributed by atoms with van der Waals surface area (Å²) in [4.78, 5) is 35.8. The number of nitrogens with one attached hydrogen (secondary N) is 2. The van der Waals surface area contributed by atoms with E-state index in [9.17, 15) is 9.59 Å². The summed E-state index contributed by atoms with van der Waals surface area (Å²) in [6, 6.07) is 21.7. The van der Waals surface area contributed by atoms with Crippen LogP contribution in [-0.2, 0) is 19.0 Å². The number of benzene rings is 3. The Morgan fingerprint density at radius 3 is 2.20 bits per heavy atom. The van der Waals surface area contributed by atoms with Crippen molar-refractivity contribution in [1.29, 1.82) is 0 Å². The minimum absolute atomic E-state index is 0.0180. The summed E-state index contributed by atoms with van der Waals surface area (Å²) in [6.45, 7) is 17.0. The molecule has 0 unspecified atom stereocenters. The largest absolute Gasteiger partial charge is 0.336 e. The molecule has 1 saturated heterocycles. The summed E-state index contributed by atoms with van der Waals surface area (Å²) in [7, 11) is 1.72. The summed E-state index contributed by atoms with van der Waals surface area (Å²) < 4.78 is 1.54. The van der Waals surface area contributed by atoms with Gasteiger partial charge >= 0.3 is 0 Å². The Kier molecular flexibility index (Phi) is 9.32. The summed E-state index contributed by atoms with van der Waals surface area (Å²) in [5, 5.41) is 6.29. The number of anilines is 3. The maximum atomic E-state index is 13.1. The van der Waals surface area contributed by atoms with Gasteiger partial charge in [0, 0.05) is 68.5 Å². The third-order valence-corrected chi connectivity index (χ3v) is 8.48. The van der Waals surface area contributed by atoms with Crippen molar-refractivity contribution >= 4 is 23.1 Å². The normalized spacial score (nSPS) is 14.4. The van der Waals surface area contributed by atoms with Gasteiger partial charge in [0.05, 0.1) is 5.69 Å². The fourth-order valence-corrected chi connectivity index (χ4v) is 5.53. The number of amides is 1. The van der Waals surface area contributed by atoms with Gasteiger partial charge in [-0.05, 0) is 65.9 Å². The molecule has 2 heterocycles. The lowest BCUT2D eigenvalue weighted by atomic mass is 9.86. The van der Waals surface area contributed by atoms with E-state index in [4.69, 9.17) is 4.98 Å². The number of nitrogens with zero attached hydrogens (tertiary/aromatic N) is 4. The van der Waals surface area contributed by atoms with Crippen molar-refractivity contribution in [3.8, 4) is 11.3 Å². The lowest BCUT2D eigenvalue weighted by Gasteiger charge is -2.34. The highest BCUT2D eigenvalue weighted by Crippen LogP contribution is 2.29. The lowest BCUT2D eigenvalue weighted by Crippen LogP contribution is -2.45. The van der Waals surface area contributed by atoms with Gasteiger partial charge < -0.3 is 20.1 Å². The van der Waals surface area contributed by atoms with Crippen molar-refractivity contribution in [2.75, 3.05) is 43.4 Å². The smallest absolute Gasteiger partial charge is 0.293 e. The predicted octanol–water partition coefficient (Wildman–Crippen LogP) is 6.19. The van der Waals surface area contributed by atoms with Crippen LogP contribution in [0.5, 0.6) is 0 Å². The van der Waals surface area contributed by atoms with E-state index in [1.165, 1.54) is 15.7 Å². The molecule has 0 radical (unpaired) electrons. The third kappa shape index (κ3) is 7.26. The van der Waals surface area contributed by atoms with Crippen LogP contribution in [0.3, 0.4) is 0 Å². The minimum atomic E-state index is -0.215. The standard InChI is InChI=1S/C36H44N6O2/c1-7-41-19-21-42(22-20-41)23-26-11-17-29(18-12-26)37-33-35(44)40(6)24-32(38-33)30-9-8-10-31(25(30)2)39-34(43)27-13-15-28(16-14-27)36(3,4)5/h8-18,24H,7,19-23H2,1-6H3,(H,37,38)(H,39,43). The molecular weight excluding hydrogens is 548 g/mol. The Labute approximate surface area is 260 Å². The average molecular weight is 593 g/mol. The van der Waals surface area contributed by atoms with E-state index in [1.807, 2.05) is 61.5 Å². The number of hydrogen-bond acceptors (Lipinski definition) is 6. The average Bonchev–Trinajstić information content (AvgIpc) is 3.01. The van der Waals surface area contributed by atoms with E-state index >= 15 is 0 Å². The number of likely N-dealkylation sites (N-methyl/N-ethyl adjacent to an activating group) is 1. The molecule has 4 aromatic rings. The van der Waals surface area contributed by atoms with E-state index in [0.29, 0.717) is 16.9 Å². The van der Waals surface area contributed by atoms with Crippen LogP contribution in [0.1, 0.15) is 54.7 Å². The van der Waals surface area contributed by atoms with E-state index in [2.05, 4.69) is 60.3 Å². The van der Waals surface area contributed by atoms with Gasteiger partial charge in [-0.15, -0.1) is 0 Å². The van der Waals surface area contributed by atoms with Crippen LogP contribution in [0.25, 0.3) is 11.3 Å². The molecule has 8 heteroatoms. The number of rotatable bonds is 8. The Morgan fingerprint density at radius 2 is 1.57 bits per heavy atom. The molecule has 0 bridgehead atoms. The first-order valence-corrected chi connectivity index (χ1v) is 15.4. The highest BCUT2D eigenvalue weighted by molar-refractivity contribution is 6.05. The van der Waals surface area contributed by atoms with Crippen molar-refractivity contribution in [3.63, 3.8) is 0 Å². The molecule has 3 aromatic carbocycles. The number of aromatic nitrogens is 2. The van der Waals surface area contributed by atoms with Crippen LogP contribution in [0.2, 0.25) is 0 Å². The second-order valence-electron chi connectivity index (χ2n) is 12.7. The van der Waals surface area contributed by atoms with E-state index in [0.717, 1.165) is 56.1 Å². The second kappa shape index (κ2) is 13.2. The van der Waals surface area contributed by atoms with Gasteiger partial charge in [-0.3, -0.25) is 14.5 Å². The first kappa shape index (κ1) is 31.2. The summed E-state index contributed by atoms with van der Waals surface area (Å²) >= 11 is 0. The van der Waals surface area contributed by atoms with Crippen molar-refractivity contribution in [2.24, 2.45) is 7.05 Å². The van der Waals surface area contributed by atoms with Crippen LogP contribution in [-0.4, -0.2) is 58.0 Å². The Balaban J connectivity index is 1.31. The minimum Gasteiger partial charge on any atom is -0.336 e. The first-order chi connectivity index (χ1) is 21.0. The molecule has 1 fully saturated rings. The van der Waals surface area contributed by atoms with Crippen molar-refractivity contribution < 1.29 is 4.79 Å². The summed E-state index contributed by atoms with van der Waals surface area (Å²) in [6.07, 6.45) is 1.73. The number of aryl methyl sites for hydroxylation is 1. The number of piperazine rings is 1. The van der Waals surface area contributed by atoms with Gasteiger partial charge in [-0.25, -0.2) is 4.98 Å². The molecule has 2 N–H and O–H groups in total. The van der Waals surface area contributed by atoms with Gasteiger partial charge in [0.1, 0.15) is 0 Å². The fourth-order valence-electron chi connectivity index (χ4n) is 5.53. The van der Waals surface area contributed by atoms with Gasteiger partial charge in [-0.2, -0.15) is 0 Å². The molecule has 44 heavy (non-hydrogen) atoms. The number of carbonyl (C=O) groups is 1. The van der Waals surface area contributed by atoms with Crippen LogP contribution < -0.4 is 16.2 Å². The molecular formula is C36H44N6O2. The van der Waals surface area contributed by atoms with E-state index in [-0.39, 0.29) is 22.7 Å². The quantitative estimate of drug-likeness (QED) is 0.254. The monoisotopic (exact) mass is 592 g/mol. The van der Waals surface area contributed by atoms with Crippen molar-refractivity contribution in [1.82, 2.24) is 19.4 Å². The van der Waals surface area contributed by atoms with Crippen LogP contribution in [0.15, 0.2) is 77.7 Å². The van der Waals surface area contributed by atoms with Gasteiger partial charge in [0.2, 0.25) is 0 Å². The highest BCUT2D eigenvalue weighted by Gasteiger charge is 2.18. The Hall–Kier alpha value is -4.27. The molecule has 0 saturated carbocycles. The zero-order valence-corrected chi connectivity index (χ0v) is 26.8. The van der Waals surface area contributed by atoms with Crippen LogP contribution in [0.4, 0.5) is 17.2 Å². The van der Waals surface area contributed by atoms with Crippen molar-refractivity contribution in [2.45, 2.75) is 46.6 Å². The van der Waals surface area contributed by atoms with Gasteiger partial charge in [0.15, 0.2) is 5.82 Å². The molecule has 1 aliphatic rings. The molecule has 230 valence electrons. The molecule has 5 rings (SSSR count). The zero-order chi connectivity index (χ0) is 31.4. The summed E-state index contributed by atoms with van der Waals surface area (Å²) in [5.74, 6) is 0.0781. The SMILES string of the molecule is CCN1CCN(Cc2ccc(Nc3nc(-c4cccc(NC(=O)c5ccc(C(C)(C)C)cc5)c4C)cn(C)c3=O)cc2)CC1. The van der Waals surface area contributed by atoms with Crippen LogP contribution in [0, 0.1) is 6.92 Å². The second-order valence-corrected chi connectivity index (χ2v) is 12.7. The van der Waals surface area contributed by atoms with Crippen LogP contribution >= 0.6 is 0 Å². The maximum absolute atomic E-state index is 13.1. The first-order valence-electron chi connectivity index (χ1n) is 15.4. The molecule has 1 aliphatic heterocycles. The fraction of sp³-hybridized carbons (Fsp3) is 0.361. The van der Waals surface area contributed by atoms with Gasteiger partial charge in [0.25, 0.3) is 11.5 Å². The number of hydrogen-bond donors (Lipinski definition) is 2. The van der Waals surface area contributed by atoms with Gasteiger partial charge in [-0.1, -0.05) is 64.1 Å². The van der Waals surface area contributed by atoms with E-state index < -0.39 is 0 Å². The number of carbonyl (C=O) groups excluding carboxylic acids is 1. The van der Waals surface area contributed by atoms with E-state index in [1.54, 1.807) is 13.2 Å². The molecule has 0 spiro atoms. The summed E-state index contributed by atoms with van der Waals surface area (Å²) in [5.41, 5.74) is 6.67. The molecule has 1 amide bonds. The van der Waals surface area contributed by atoms with Crippen molar-refractivity contribution in [3.05, 3.63) is 106 Å². The predicted molar refractivity (Wildman–Crippen MR) is 180 cm³/mol. The third-order valence-electron chi connectivity index (χ3n) is 8.48. The zero-order valence-electron chi connectivity index (χ0n) is 26.8.